The largest absolute Gasteiger partial charge is 0.481 e. The predicted molar refractivity (Wildman–Crippen MR) is 25.6 cm³/mol. The van der Waals surface area contributed by atoms with Crippen LogP contribution in [0.2, 0.25) is 0 Å². The van der Waals surface area contributed by atoms with E-state index in [9.17, 15) is 9.59 Å². The summed E-state index contributed by atoms with van der Waals surface area (Å²) in [5.74, 6) is -2.62. The van der Waals surface area contributed by atoms with Crippen molar-refractivity contribution in [1.82, 2.24) is 0 Å². The molecule has 0 aromatic rings. The van der Waals surface area contributed by atoms with Gasteiger partial charge in [-0.2, -0.15) is 0 Å². The van der Waals surface area contributed by atoms with Crippen LogP contribution in [0.4, 0.5) is 0 Å². The van der Waals surface area contributed by atoms with E-state index < -0.39 is 18.4 Å². The predicted octanol–water partition coefficient (Wildman–Crippen LogP) is -0.835. The minimum absolute atomic E-state index is 0. The van der Waals surface area contributed by atoms with E-state index in [0.717, 1.165) is 0 Å². The van der Waals surface area contributed by atoms with Crippen molar-refractivity contribution in [2.24, 2.45) is 0 Å². The summed E-state index contributed by atoms with van der Waals surface area (Å²) in [5, 5.41) is 15.4. The van der Waals surface area contributed by atoms with Gasteiger partial charge in [0.15, 0.2) is 0 Å². The van der Waals surface area contributed by atoms with Crippen LogP contribution in [0.3, 0.4) is 0 Å². The van der Waals surface area contributed by atoms with Crippen molar-refractivity contribution < 1.29 is 19.8 Å². The molecule has 0 aromatic carbocycles. The van der Waals surface area contributed by atoms with E-state index in [1.165, 1.54) is 0 Å². The van der Waals surface area contributed by atoms with Crippen LogP contribution in [0.25, 0.3) is 0 Å². The summed E-state index contributed by atoms with van der Waals surface area (Å²) >= 11 is 0. The summed E-state index contributed by atoms with van der Waals surface area (Å²) < 4.78 is 0. The smallest absolute Gasteiger partial charge is 0.314 e. The van der Waals surface area contributed by atoms with Gasteiger partial charge in [-0.05, 0) is 0 Å². The normalized spacial score (nSPS) is 7.00. The molecule has 0 spiro atoms. The number of aliphatic carboxylic acids is 2. The topological polar surface area (TPSA) is 74.6 Å². The van der Waals surface area contributed by atoms with Gasteiger partial charge in [0.05, 0.1) is 0 Å². The molecule has 0 amide bonds. The van der Waals surface area contributed by atoms with Crippen molar-refractivity contribution in [2.75, 3.05) is 0 Å². The fourth-order valence-corrected chi connectivity index (χ4v) is 0.129. The van der Waals surface area contributed by atoms with Crippen molar-refractivity contribution >= 4 is 36.4 Å². The fraction of sp³-hybridized carbons (Fsp3) is 0.333. The van der Waals surface area contributed by atoms with Crippen molar-refractivity contribution in [3.8, 4) is 0 Å². The third-order valence-corrected chi connectivity index (χ3v) is 0.302. The second-order valence-electron chi connectivity index (χ2n) is 0.964. The monoisotopic (exact) mass is 225 g/mol. The first-order valence-corrected chi connectivity index (χ1v) is 1.56. The van der Waals surface area contributed by atoms with Gasteiger partial charge in [0, 0.05) is 24.4 Å². The molecule has 0 saturated heterocycles. The summed E-state index contributed by atoms with van der Waals surface area (Å²) in [4.78, 5) is 18.9. The number of carboxylic acids is 2. The molecule has 3 radical (unpaired) electrons. The Balaban J connectivity index is 0. The van der Waals surface area contributed by atoms with Gasteiger partial charge < -0.3 is 10.2 Å². The van der Waals surface area contributed by atoms with Crippen LogP contribution in [0.1, 0.15) is 6.42 Å². The van der Waals surface area contributed by atoms with Gasteiger partial charge in [0.2, 0.25) is 0 Å². The maximum atomic E-state index is 9.43. The average Bonchev–Trinajstić information content (AvgIpc) is 1.27. The second-order valence-corrected chi connectivity index (χ2v) is 0.964. The number of carboxylic acid groups (broad SMARTS) is 2. The van der Waals surface area contributed by atoms with Crippen LogP contribution < -0.4 is 0 Å². The van der Waals surface area contributed by atoms with Gasteiger partial charge in [-0.1, -0.05) is 0 Å². The zero-order chi connectivity index (χ0) is 5.86. The molecule has 45 valence electrons. The molecular weight excluding hydrogens is 222 g/mol. The Bertz CT molecular complexity index is 87.5. The van der Waals surface area contributed by atoms with E-state index in [0.29, 0.717) is 0 Å². The first-order chi connectivity index (χ1) is 3.13. The summed E-state index contributed by atoms with van der Waals surface area (Å²) in [7, 11) is 0. The summed E-state index contributed by atoms with van der Waals surface area (Å²) in [6, 6.07) is 0. The van der Waals surface area contributed by atoms with Gasteiger partial charge in [-0.3, -0.25) is 9.59 Å². The molecule has 0 unspecified atom stereocenters. The van der Waals surface area contributed by atoms with Crippen molar-refractivity contribution in [3.63, 3.8) is 0 Å². The third-order valence-electron chi connectivity index (χ3n) is 0.302. The van der Waals surface area contributed by atoms with Gasteiger partial charge in [0.25, 0.3) is 0 Å². The van der Waals surface area contributed by atoms with Gasteiger partial charge in [0.1, 0.15) is 6.42 Å². The Kier molecular flexibility index (Phi) is 6.55. The summed E-state index contributed by atoms with van der Waals surface area (Å²) in [5.41, 5.74) is 0. The fourth-order valence-electron chi connectivity index (χ4n) is 0.129. The third kappa shape index (κ3) is 9.23. The zero-order valence-corrected chi connectivity index (χ0v) is 6.42. The molecule has 5 heteroatoms. The van der Waals surface area contributed by atoms with E-state index in [1.807, 2.05) is 0 Å². The maximum Gasteiger partial charge on any atom is 0.314 e. The van der Waals surface area contributed by atoms with E-state index in [-0.39, 0.29) is 24.4 Å². The van der Waals surface area contributed by atoms with Crippen molar-refractivity contribution in [3.05, 3.63) is 0 Å². The molecule has 8 heavy (non-hydrogen) atoms. The molecule has 0 rings (SSSR count). The van der Waals surface area contributed by atoms with Crippen molar-refractivity contribution in [1.29, 1.82) is 0 Å². The zero-order valence-electron chi connectivity index (χ0n) is 3.87. The van der Waals surface area contributed by atoms with E-state index >= 15 is 0 Å². The minimum atomic E-state index is -1.31. The molecule has 0 aromatic heterocycles. The minimum Gasteiger partial charge on any atom is -0.481 e. The second kappa shape index (κ2) is 4.91. The van der Waals surface area contributed by atoms with Crippen LogP contribution in [0, 0.1) is 0 Å². The summed E-state index contributed by atoms with van der Waals surface area (Å²) in [6.07, 6.45) is -0.806. The van der Waals surface area contributed by atoms with Crippen LogP contribution in [0.5, 0.6) is 0 Å². The number of rotatable bonds is 2. The molecular formula is C3H4O4Sb. The van der Waals surface area contributed by atoms with Gasteiger partial charge >= 0.3 is 11.9 Å². The van der Waals surface area contributed by atoms with E-state index in [4.69, 9.17) is 10.2 Å². The maximum absolute atomic E-state index is 9.43. The number of carbonyl (C=O) groups is 2. The molecule has 2 N–H and O–H groups in total. The number of hydrogen-bond donors (Lipinski definition) is 2. The Labute approximate surface area is 63.0 Å². The molecule has 4 nitrogen and oxygen atoms in total. The number of hydrogen-bond acceptors (Lipinski definition) is 2. The van der Waals surface area contributed by atoms with Crippen LogP contribution in [0.15, 0.2) is 0 Å². The Hall–Kier alpha value is -0.242. The standard InChI is InChI=1S/C3H4O4.Sb/c4-2(5)1-3(6)7;/h1H2,(H,4,5)(H,6,7);. The Morgan fingerprint density at radius 3 is 1.38 bits per heavy atom. The Morgan fingerprint density at radius 2 is 1.38 bits per heavy atom. The van der Waals surface area contributed by atoms with Crippen LogP contribution in [-0.4, -0.2) is 46.6 Å². The Morgan fingerprint density at radius 1 is 1.12 bits per heavy atom. The molecule has 0 atom stereocenters. The van der Waals surface area contributed by atoms with Gasteiger partial charge in [-0.25, -0.2) is 0 Å². The first-order valence-electron chi connectivity index (χ1n) is 1.56. The molecule has 0 aliphatic rings. The molecule has 0 saturated carbocycles. The van der Waals surface area contributed by atoms with E-state index in [2.05, 4.69) is 0 Å². The molecule has 0 heterocycles. The SMILES string of the molecule is O=C(O)CC(=O)O.[Sb]. The van der Waals surface area contributed by atoms with Crippen LogP contribution >= 0.6 is 0 Å². The quantitative estimate of drug-likeness (QED) is 0.475. The molecule has 0 fully saturated rings. The van der Waals surface area contributed by atoms with Crippen molar-refractivity contribution in [2.45, 2.75) is 6.42 Å². The van der Waals surface area contributed by atoms with Gasteiger partial charge in [-0.15, -0.1) is 0 Å². The van der Waals surface area contributed by atoms with E-state index in [1.54, 1.807) is 0 Å². The molecule has 0 aliphatic carbocycles. The molecule has 0 bridgehead atoms. The first kappa shape index (κ1) is 10.7. The molecule has 0 aliphatic heterocycles. The summed E-state index contributed by atoms with van der Waals surface area (Å²) in [6.45, 7) is 0. The van der Waals surface area contributed by atoms with Crippen LogP contribution in [-0.2, 0) is 9.59 Å². The average molecular weight is 226 g/mol.